The molecule has 1 heterocycles. The van der Waals surface area contributed by atoms with Crippen molar-refractivity contribution >= 4 is 16.9 Å². The minimum Gasteiger partial charge on any atom is -0.389 e. The van der Waals surface area contributed by atoms with E-state index < -0.39 is 29.6 Å². The predicted octanol–water partition coefficient (Wildman–Crippen LogP) is 1.41. The molecule has 0 bridgehead atoms. The minimum atomic E-state index is -4.73. The fourth-order valence-electron chi connectivity index (χ4n) is 1.50. The first-order valence-electron chi connectivity index (χ1n) is 5.26. The van der Waals surface area contributed by atoms with Gasteiger partial charge in [0.2, 0.25) is 0 Å². The van der Waals surface area contributed by atoms with Crippen molar-refractivity contribution in [3.8, 4) is 0 Å². The van der Waals surface area contributed by atoms with Gasteiger partial charge in [0.1, 0.15) is 6.10 Å². The average Bonchev–Trinajstić information content (AvgIpc) is 2.66. The Morgan fingerprint density at radius 1 is 1.47 bits per heavy atom. The Morgan fingerprint density at radius 3 is 2.53 bits per heavy atom. The smallest absolute Gasteiger partial charge is 0.389 e. The van der Waals surface area contributed by atoms with Crippen molar-refractivity contribution in [2.75, 3.05) is 5.75 Å². The Morgan fingerprint density at radius 2 is 2.05 bits per heavy atom. The molecule has 1 aromatic heterocycles. The number of halogens is 3. The Balaban J connectivity index is 2.96. The predicted molar refractivity (Wildman–Crippen MR) is 62.4 cm³/mol. The first kappa shape index (κ1) is 16.0. The molecule has 0 saturated carbocycles. The number of nitrogens with one attached hydrogen (secondary N) is 1. The van der Waals surface area contributed by atoms with E-state index in [1.165, 1.54) is 13.8 Å². The molecule has 1 aromatic rings. The minimum absolute atomic E-state index is 0.0201. The van der Waals surface area contributed by atoms with E-state index in [1.807, 2.05) is 0 Å². The van der Waals surface area contributed by atoms with Crippen LogP contribution in [0.25, 0.3) is 0 Å². The molecule has 0 radical (unpaired) electrons. The first-order chi connectivity index (χ1) is 8.64. The SMILES string of the molecule is CC(=O)SCC(O)C(O)c1c(C(F)(F)F)n[nH]c1C. The number of aliphatic hydroxyl groups excluding tert-OH is 2. The molecule has 0 saturated heterocycles. The molecule has 9 heteroatoms. The summed E-state index contributed by atoms with van der Waals surface area (Å²) in [4.78, 5) is 10.7. The lowest BCUT2D eigenvalue weighted by atomic mass is 10.0. The highest BCUT2D eigenvalue weighted by molar-refractivity contribution is 8.13. The number of hydrogen-bond donors (Lipinski definition) is 3. The summed E-state index contributed by atoms with van der Waals surface area (Å²) >= 11 is 0.723. The number of aliphatic hydroxyl groups is 2. The summed E-state index contributed by atoms with van der Waals surface area (Å²) in [5.41, 5.74) is -1.74. The van der Waals surface area contributed by atoms with Crippen LogP contribution in [0.1, 0.15) is 30.0 Å². The number of thioether (sulfide) groups is 1. The van der Waals surface area contributed by atoms with Gasteiger partial charge in [0.15, 0.2) is 10.8 Å². The van der Waals surface area contributed by atoms with E-state index in [9.17, 15) is 28.2 Å². The number of carbonyl (C=O) groups is 1. The van der Waals surface area contributed by atoms with Crippen LogP contribution >= 0.6 is 11.8 Å². The number of carbonyl (C=O) groups excluding carboxylic acids is 1. The number of nitrogens with zero attached hydrogens (tertiary/aromatic N) is 1. The summed E-state index contributed by atoms with van der Waals surface area (Å²) in [6, 6.07) is 0. The number of H-pyrrole nitrogens is 1. The molecular weight excluding hydrogens is 285 g/mol. The van der Waals surface area contributed by atoms with Crippen LogP contribution in [0.2, 0.25) is 0 Å². The van der Waals surface area contributed by atoms with Crippen molar-refractivity contribution < 1.29 is 28.2 Å². The summed E-state index contributed by atoms with van der Waals surface area (Å²) in [5.74, 6) is -0.196. The highest BCUT2D eigenvalue weighted by Gasteiger charge is 2.40. The van der Waals surface area contributed by atoms with E-state index in [0.29, 0.717) is 0 Å². The van der Waals surface area contributed by atoms with E-state index in [0.717, 1.165) is 11.8 Å². The summed E-state index contributed by atoms with van der Waals surface area (Å²) in [7, 11) is 0. The molecule has 0 aromatic carbocycles. The topological polar surface area (TPSA) is 86.2 Å². The van der Waals surface area contributed by atoms with Crippen molar-refractivity contribution in [3.05, 3.63) is 17.0 Å². The average molecular weight is 298 g/mol. The Kier molecular flexibility index (Phi) is 4.99. The number of rotatable bonds is 4. The van der Waals surface area contributed by atoms with E-state index >= 15 is 0 Å². The zero-order chi connectivity index (χ0) is 14.8. The standard InChI is InChI=1S/C10H13F3N2O3S/c1-4-7(9(15-14-4)10(11,12)13)8(18)6(17)3-19-5(2)16/h6,8,17-18H,3H2,1-2H3,(H,14,15). The number of alkyl halides is 3. The van der Waals surface area contributed by atoms with Gasteiger partial charge >= 0.3 is 6.18 Å². The molecule has 1 rings (SSSR count). The van der Waals surface area contributed by atoms with Gasteiger partial charge in [-0.25, -0.2) is 0 Å². The highest BCUT2D eigenvalue weighted by atomic mass is 32.2. The molecule has 2 unspecified atom stereocenters. The second kappa shape index (κ2) is 5.93. The van der Waals surface area contributed by atoms with Crippen molar-refractivity contribution in [1.29, 1.82) is 0 Å². The van der Waals surface area contributed by atoms with Gasteiger partial charge in [-0.05, 0) is 6.92 Å². The van der Waals surface area contributed by atoms with Crippen LogP contribution in [0.15, 0.2) is 0 Å². The normalized spacial score (nSPS) is 15.3. The van der Waals surface area contributed by atoms with Crippen molar-refractivity contribution in [1.82, 2.24) is 10.2 Å². The summed E-state index contributed by atoms with van der Waals surface area (Å²) < 4.78 is 38.0. The molecule has 0 aliphatic heterocycles. The van der Waals surface area contributed by atoms with Crippen LogP contribution in [0.3, 0.4) is 0 Å². The van der Waals surface area contributed by atoms with Crippen molar-refractivity contribution in [2.24, 2.45) is 0 Å². The van der Waals surface area contributed by atoms with Gasteiger partial charge in [-0.2, -0.15) is 18.3 Å². The van der Waals surface area contributed by atoms with E-state index in [2.05, 4.69) is 10.2 Å². The number of aromatic amines is 1. The van der Waals surface area contributed by atoms with Gasteiger partial charge in [-0.15, -0.1) is 0 Å². The summed E-state index contributed by atoms with van der Waals surface area (Å²) in [6.45, 7) is 2.57. The Hall–Kier alpha value is -1.06. The van der Waals surface area contributed by atoms with Crippen LogP contribution in [0.4, 0.5) is 13.2 Å². The second-order valence-electron chi connectivity index (χ2n) is 3.92. The van der Waals surface area contributed by atoms with E-state index in [-0.39, 0.29) is 16.6 Å². The fourth-order valence-corrected chi connectivity index (χ4v) is 2.09. The summed E-state index contributed by atoms with van der Waals surface area (Å²) in [6.07, 6.45) is -7.98. The third-order valence-corrected chi connectivity index (χ3v) is 3.30. The Bertz CT molecular complexity index is 461. The molecule has 0 aliphatic carbocycles. The third kappa shape index (κ3) is 3.95. The molecule has 0 spiro atoms. The fraction of sp³-hybridized carbons (Fsp3) is 0.600. The van der Waals surface area contributed by atoms with Gasteiger partial charge in [0.25, 0.3) is 0 Å². The quantitative estimate of drug-likeness (QED) is 0.782. The van der Waals surface area contributed by atoms with Crippen LogP contribution in [0, 0.1) is 6.92 Å². The lowest BCUT2D eigenvalue weighted by Gasteiger charge is -2.18. The Labute approximate surface area is 111 Å². The summed E-state index contributed by atoms with van der Waals surface area (Å²) in [5, 5.41) is 24.3. The third-order valence-electron chi connectivity index (χ3n) is 2.38. The van der Waals surface area contributed by atoms with E-state index in [4.69, 9.17) is 0 Å². The van der Waals surface area contributed by atoms with Gasteiger partial charge in [-0.3, -0.25) is 9.89 Å². The van der Waals surface area contributed by atoms with E-state index in [1.54, 1.807) is 0 Å². The maximum absolute atomic E-state index is 12.7. The van der Waals surface area contributed by atoms with Gasteiger partial charge < -0.3 is 10.2 Å². The lowest BCUT2D eigenvalue weighted by molar-refractivity contribution is -0.143. The van der Waals surface area contributed by atoms with Crippen LogP contribution in [-0.2, 0) is 11.0 Å². The van der Waals surface area contributed by atoms with Crippen LogP contribution in [0.5, 0.6) is 0 Å². The van der Waals surface area contributed by atoms with Crippen molar-refractivity contribution in [2.45, 2.75) is 32.2 Å². The molecular formula is C10H13F3N2O3S. The first-order valence-corrected chi connectivity index (χ1v) is 6.24. The lowest BCUT2D eigenvalue weighted by Crippen LogP contribution is -2.24. The molecule has 0 fully saturated rings. The second-order valence-corrected chi connectivity index (χ2v) is 5.12. The van der Waals surface area contributed by atoms with Crippen LogP contribution < -0.4 is 0 Å². The monoisotopic (exact) mass is 298 g/mol. The van der Waals surface area contributed by atoms with Crippen molar-refractivity contribution in [3.63, 3.8) is 0 Å². The number of aryl methyl sites for hydroxylation is 1. The van der Waals surface area contributed by atoms with Crippen LogP contribution in [-0.4, -0.2) is 37.4 Å². The van der Waals surface area contributed by atoms with Gasteiger partial charge in [-0.1, -0.05) is 11.8 Å². The zero-order valence-electron chi connectivity index (χ0n) is 10.2. The number of aromatic nitrogens is 2. The van der Waals surface area contributed by atoms with Gasteiger partial charge in [0, 0.05) is 23.9 Å². The molecule has 5 nitrogen and oxygen atoms in total. The molecule has 2 atom stereocenters. The molecule has 3 N–H and O–H groups in total. The molecule has 108 valence electrons. The largest absolute Gasteiger partial charge is 0.435 e. The van der Waals surface area contributed by atoms with Gasteiger partial charge in [0.05, 0.1) is 6.10 Å². The zero-order valence-corrected chi connectivity index (χ0v) is 11.0. The number of hydrogen-bond acceptors (Lipinski definition) is 5. The molecule has 0 aliphatic rings. The maximum atomic E-state index is 12.7. The highest BCUT2D eigenvalue weighted by Crippen LogP contribution is 2.35. The molecule has 19 heavy (non-hydrogen) atoms. The molecule has 0 amide bonds. The maximum Gasteiger partial charge on any atom is 0.435 e.